The molecule has 1 aliphatic rings. The first-order valence-corrected chi connectivity index (χ1v) is 9.78. The molecular weight excluding hydrogens is 435 g/mol. The second-order valence-corrected chi connectivity index (χ2v) is 7.59. The molecule has 2 aromatic rings. The van der Waals surface area contributed by atoms with Crippen LogP contribution in [0.25, 0.3) is 0 Å². The van der Waals surface area contributed by atoms with E-state index in [1.807, 2.05) is 4.90 Å². The highest BCUT2D eigenvalue weighted by molar-refractivity contribution is 9.10. The van der Waals surface area contributed by atoms with Crippen molar-refractivity contribution in [2.75, 3.05) is 24.5 Å². The standard InChI is InChI=1S/C19H19BrClFN4O/c1-2-7-26(12-13-10-14(20)5-6-16(13)22)18(27)17-15(21)11-23-19(24-17)25-8-3-4-9-25/h2,5-6,10-11H,1,3-4,7-9,12H2. The predicted octanol–water partition coefficient (Wildman–Crippen LogP) is 4.46. The lowest BCUT2D eigenvalue weighted by molar-refractivity contribution is 0.0755. The largest absolute Gasteiger partial charge is 0.341 e. The minimum atomic E-state index is -0.387. The topological polar surface area (TPSA) is 49.3 Å². The zero-order valence-corrected chi connectivity index (χ0v) is 17.0. The highest BCUT2D eigenvalue weighted by Gasteiger charge is 2.24. The van der Waals surface area contributed by atoms with Gasteiger partial charge in [-0.05, 0) is 31.0 Å². The number of rotatable bonds is 6. The molecule has 0 radical (unpaired) electrons. The van der Waals surface area contributed by atoms with Crippen LogP contribution in [0.2, 0.25) is 5.02 Å². The molecule has 0 bridgehead atoms. The third-order valence-electron chi connectivity index (χ3n) is 4.33. The van der Waals surface area contributed by atoms with Gasteiger partial charge in [-0.2, -0.15) is 0 Å². The minimum absolute atomic E-state index is 0.0789. The summed E-state index contributed by atoms with van der Waals surface area (Å²) in [4.78, 5) is 25.2. The van der Waals surface area contributed by atoms with Crippen LogP contribution in [-0.4, -0.2) is 40.4 Å². The zero-order chi connectivity index (χ0) is 19.4. The lowest BCUT2D eigenvalue weighted by Gasteiger charge is -2.23. The van der Waals surface area contributed by atoms with Gasteiger partial charge in [-0.15, -0.1) is 6.58 Å². The molecule has 0 saturated carbocycles. The summed E-state index contributed by atoms with van der Waals surface area (Å²) in [5, 5.41) is 0.173. The number of hydrogen-bond acceptors (Lipinski definition) is 4. The van der Waals surface area contributed by atoms with E-state index in [9.17, 15) is 9.18 Å². The summed E-state index contributed by atoms with van der Waals surface area (Å²) in [5.74, 6) is -0.277. The van der Waals surface area contributed by atoms with Crippen LogP contribution in [0.15, 0.2) is 41.5 Å². The van der Waals surface area contributed by atoms with Crippen LogP contribution >= 0.6 is 27.5 Å². The third kappa shape index (κ3) is 4.65. The third-order valence-corrected chi connectivity index (χ3v) is 5.10. The smallest absolute Gasteiger partial charge is 0.274 e. The minimum Gasteiger partial charge on any atom is -0.341 e. The Morgan fingerprint density at radius 3 is 2.85 bits per heavy atom. The van der Waals surface area contributed by atoms with Crippen LogP contribution in [0.4, 0.5) is 10.3 Å². The van der Waals surface area contributed by atoms with Gasteiger partial charge in [0, 0.05) is 36.2 Å². The molecule has 1 aromatic heterocycles. The monoisotopic (exact) mass is 452 g/mol. The van der Waals surface area contributed by atoms with Crippen molar-refractivity contribution >= 4 is 39.4 Å². The molecule has 0 aliphatic carbocycles. The Morgan fingerprint density at radius 1 is 1.41 bits per heavy atom. The van der Waals surface area contributed by atoms with Gasteiger partial charge in [-0.3, -0.25) is 4.79 Å². The van der Waals surface area contributed by atoms with E-state index in [1.165, 1.54) is 17.2 Å². The highest BCUT2D eigenvalue weighted by Crippen LogP contribution is 2.23. The maximum atomic E-state index is 14.1. The number of halogens is 3. The van der Waals surface area contributed by atoms with Gasteiger partial charge >= 0.3 is 0 Å². The summed E-state index contributed by atoms with van der Waals surface area (Å²) >= 11 is 9.53. The molecule has 142 valence electrons. The van der Waals surface area contributed by atoms with Crippen LogP contribution in [0, 0.1) is 5.82 Å². The molecule has 0 unspecified atom stereocenters. The number of hydrogen-bond donors (Lipinski definition) is 0. The quantitative estimate of drug-likeness (QED) is 0.606. The maximum absolute atomic E-state index is 14.1. The molecule has 2 heterocycles. The van der Waals surface area contributed by atoms with E-state index in [0.29, 0.717) is 11.5 Å². The van der Waals surface area contributed by atoms with Gasteiger partial charge in [-0.1, -0.05) is 33.6 Å². The van der Waals surface area contributed by atoms with Crippen molar-refractivity contribution in [2.24, 2.45) is 0 Å². The van der Waals surface area contributed by atoms with Crippen molar-refractivity contribution in [3.05, 3.63) is 63.6 Å². The van der Waals surface area contributed by atoms with E-state index in [0.717, 1.165) is 30.4 Å². The number of carbonyl (C=O) groups is 1. The number of nitrogens with zero attached hydrogens (tertiary/aromatic N) is 4. The van der Waals surface area contributed by atoms with Crippen LogP contribution in [0.5, 0.6) is 0 Å². The van der Waals surface area contributed by atoms with Gasteiger partial charge in [0.25, 0.3) is 5.91 Å². The van der Waals surface area contributed by atoms with Gasteiger partial charge < -0.3 is 9.80 Å². The number of carbonyl (C=O) groups excluding carboxylic acids is 1. The number of benzene rings is 1. The molecule has 1 amide bonds. The average Bonchev–Trinajstić information content (AvgIpc) is 3.19. The summed E-state index contributed by atoms with van der Waals surface area (Å²) in [6, 6.07) is 4.62. The zero-order valence-electron chi connectivity index (χ0n) is 14.7. The van der Waals surface area contributed by atoms with E-state index in [2.05, 4.69) is 32.5 Å². The number of amides is 1. The molecule has 27 heavy (non-hydrogen) atoms. The van der Waals surface area contributed by atoms with Gasteiger partial charge in [0.1, 0.15) is 5.82 Å². The molecule has 0 N–H and O–H groups in total. The predicted molar refractivity (Wildman–Crippen MR) is 108 cm³/mol. The summed E-state index contributed by atoms with van der Waals surface area (Å²) in [6.45, 7) is 5.72. The molecule has 8 heteroatoms. The van der Waals surface area contributed by atoms with Crippen molar-refractivity contribution < 1.29 is 9.18 Å². The number of anilines is 1. The van der Waals surface area contributed by atoms with Gasteiger partial charge in [-0.25, -0.2) is 14.4 Å². The molecular formula is C19H19BrClFN4O. The second kappa shape index (κ2) is 8.80. The van der Waals surface area contributed by atoms with Crippen molar-refractivity contribution in [2.45, 2.75) is 19.4 Å². The van der Waals surface area contributed by atoms with E-state index < -0.39 is 0 Å². The molecule has 0 spiro atoms. The molecule has 0 atom stereocenters. The Kier molecular flexibility index (Phi) is 6.44. The average molecular weight is 454 g/mol. The van der Waals surface area contributed by atoms with E-state index in [-0.39, 0.29) is 35.5 Å². The molecule has 1 aromatic carbocycles. The molecule has 1 fully saturated rings. The normalized spacial score (nSPS) is 13.7. The fraction of sp³-hybridized carbons (Fsp3) is 0.316. The molecule has 1 aliphatic heterocycles. The van der Waals surface area contributed by atoms with Crippen molar-refractivity contribution in [3.8, 4) is 0 Å². The van der Waals surface area contributed by atoms with Crippen LogP contribution in [-0.2, 0) is 6.54 Å². The first-order chi connectivity index (χ1) is 13.0. The molecule has 1 saturated heterocycles. The van der Waals surface area contributed by atoms with Crippen molar-refractivity contribution in [1.29, 1.82) is 0 Å². The van der Waals surface area contributed by atoms with E-state index in [1.54, 1.807) is 18.2 Å². The van der Waals surface area contributed by atoms with Gasteiger partial charge in [0.05, 0.1) is 11.2 Å². The lowest BCUT2D eigenvalue weighted by atomic mass is 10.2. The summed E-state index contributed by atoms with van der Waals surface area (Å²) in [5.41, 5.74) is 0.510. The van der Waals surface area contributed by atoms with Crippen LogP contribution < -0.4 is 4.90 Å². The maximum Gasteiger partial charge on any atom is 0.274 e. The Labute approximate surface area is 171 Å². The second-order valence-electron chi connectivity index (χ2n) is 6.27. The first-order valence-electron chi connectivity index (χ1n) is 8.61. The highest BCUT2D eigenvalue weighted by atomic mass is 79.9. The fourth-order valence-electron chi connectivity index (χ4n) is 2.97. The Hall–Kier alpha value is -1.99. The molecule has 3 rings (SSSR count). The van der Waals surface area contributed by atoms with Gasteiger partial charge in [0.2, 0.25) is 5.95 Å². The lowest BCUT2D eigenvalue weighted by Crippen LogP contribution is -2.32. The van der Waals surface area contributed by atoms with E-state index >= 15 is 0 Å². The summed E-state index contributed by atoms with van der Waals surface area (Å²) in [7, 11) is 0. The SMILES string of the molecule is C=CCN(Cc1cc(Br)ccc1F)C(=O)c1nc(N2CCCC2)ncc1Cl. The summed E-state index contributed by atoms with van der Waals surface area (Å²) in [6.07, 6.45) is 5.17. The first kappa shape index (κ1) is 19.8. The van der Waals surface area contributed by atoms with Crippen LogP contribution in [0.1, 0.15) is 28.9 Å². The molecule has 5 nitrogen and oxygen atoms in total. The van der Waals surface area contributed by atoms with Crippen molar-refractivity contribution in [3.63, 3.8) is 0 Å². The van der Waals surface area contributed by atoms with Crippen LogP contribution in [0.3, 0.4) is 0 Å². The number of aromatic nitrogens is 2. The fourth-order valence-corrected chi connectivity index (χ4v) is 3.55. The Bertz CT molecular complexity index is 858. The van der Waals surface area contributed by atoms with Crippen molar-refractivity contribution in [1.82, 2.24) is 14.9 Å². The van der Waals surface area contributed by atoms with Gasteiger partial charge in [0.15, 0.2) is 5.69 Å². The summed E-state index contributed by atoms with van der Waals surface area (Å²) < 4.78 is 14.9. The van der Waals surface area contributed by atoms with E-state index in [4.69, 9.17) is 11.6 Å². The Morgan fingerprint density at radius 2 is 2.15 bits per heavy atom. The Balaban J connectivity index is 1.89.